The Balaban J connectivity index is 1.93. The second-order valence-electron chi connectivity index (χ2n) is 6.22. The molecule has 0 spiro atoms. The first-order chi connectivity index (χ1) is 11.7. The molecular formula is C16H22N2O6S. The quantitative estimate of drug-likeness (QED) is 0.744. The van der Waals surface area contributed by atoms with Gasteiger partial charge in [0.15, 0.2) is 0 Å². The fraction of sp³-hybridized carbons (Fsp3) is 0.500. The lowest BCUT2D eigenvalue weighted by atomic mass is 10.1. The zero-order valence-corrected chi connectivity index (χ0v) is 15.0. The Labute approximate surface area is 146 Å². The van der Waals surface area contributed by atoms with E-state index in [0.29, 0.717) is 17.9 Å². The average Bonchev–Trinajstić information content (AvgIpc) is 2.98. The Morgan fingerprint density at radius 3 is 2.48 bits per heavy atom. The van der Waals surface area contributed by atoms with E-state index >= 15 is 0 Å². The molecule has 2 N–H and O–H groups in total. The Morgan fingerprint density at radius 1 is 1.32 bits per heavy atom. The molecule has 138 valence electrons. The summed E-state index contributed by atoms with van der Waals surface area (Å²) in [4.78, 5) is 24.3. The summed E-state index contributed by atoms with van der Waals surface area (Å²) < 4.78 is 32.1. The predicted octanol–water partition coefficient (Wildman–Crippen LogP) is 1.15. The lowest BCUT2D eigenvalue weighted by molar-refractivity contribution is -0.141. The van der Waals surface area contributed by atoms with Crippen molar-refractivity contribution in [1.82, 2.24) is 4.90 Å². The van der Waals surface area contributed by atoms with E-state index in [9.17, 15) is 18.0 Å². The molecule has 9 heteroatoms. The number of sulfonamides is 1. The van der Waals surface area contributed by atoms with Gasteiger partial charge in [-0.1, -0.05) is 0 Å². The van der Waals surface area contributed by atoms with Crippen molar-refractivity contribution in [1.29, 1.82) is 0 Å². The molecule has 0 saturated carbocycles. The maximum Gasteiger partial charge on any atom is 0.308 e. The number of carbonyl (C=O) groups is 2. The van der Waals surface area contributed by atoms with Crippen molar-refractivity contribution >= 4 is 27.6 Å². The molecule has 0 aliphatic carbocycles. The number of nitrogens with zero attached hydrogens (tertiary/aromatic N) is 1. The van der Waals surface area contributed by atoms with Crippen LogP contribution in [-0.2, 0) is 19.6 Å². The maximum atomic E-state index is 12.1. The van der Waals surface area contributed by atoms with Gasteiger partial charge in [-0.05, 0) is 44.5 Å². The predicted molar refractivity (Wildman–Crippen MR) is 91.9 cm³/mol. The molecule has 1 saturated heterocycles. The second kappa shape index (κ2) is 7.73. The number of aliphatic carboxylic acids is 1. The SMILES string of the molecule is CC(C)Oc1ccc(NS(=O)(=O)CC(=O)N2CCC(C(=O)O)C2)cc1. The number of benzene rings is 1. The Hall–Kier alpha value is -2.29. The van der Waals surface area contributed by atoms with Gasteiger partial charge < -0.3 is 14.7 Å². The van der Waals surface area contributed by atoms with E-state index < -0.39 is 33.6 Å². The van der Waals surface area contributed by atoms with Crippen LogP contribution in [0.5, 0.6) is 5.75 Å². The molecule has 1 amide bonds. The highest BCUT2D eigenvalue weighted by Gasteiger charge is 2.32. The van der Waals surface area contributed by atoms with Gasteiger partial charge in [-0.25, -0.2) is 8.42 Å². The topological polar surface area (TPSA) is 113 Å². The highest BCUT2D eigenvalue weighted by atomic mass is 32.2. The minimum absolute atomic E-state index is 0.00949. The number of anilines is 1. The van der Waals surface area contributed by atoms with Crippen molar-refractivity contribution < 1.29 is 27.9 Å². The summed E-state index contributed by atoms with van der Waals surface area (Å²) in [5, 5.41) is 8.94. The lowest BCUT2D eigenvalue weighted by Crippen LogP contribution is -2.36. The average molecular weight is 370 g/mol. The summed E-state index contributed by atoms with van der Waals surface area (Å²) in [6.07, 6.45) is 0.349. The van der Waals surface area contributed by atoms with Gasteiger partial charge in [0, 0.05) is 18.8 Å². The molecule has 1 aromatic carbocycles. The van der Waals surface area contributed by atoms with Gasteiger partial charge in [0.1, 0.15) is 11.5 Å². The lowest BCUT2D eigenvalue weighted by Gasteiger charge is -2.16. The van der Waals surface area contributed by atoms with Crippen molar-refractivity contribution in [3.63, 3.8) is 0 Å². The summed E-state index contributed by atoms with van der Waals surface area (Å²) in [7, 11) is -3.87. The van der Waals surface area contributed by atoms with Crippen LogP contribution in [0.15, 0.2) is 24.3 Å². The van der Waals surface area contributed by atoms with E-state index in [1.165, 1.54) is 4.90 Å². The molecule has 25 heavy (non-hydrogen) atoms. The van der Waals surface area contributed by atoms with Crippen molar-refractivity contribution in [2.45, 2.75) is 26.4 Å². The number of nitrogens with one attached hydrogen (secondary N) is 1. The smallest absolute Gasteiger partial charge is 0.308 e. The first kappa shape index (κ1) is 19.0. The molecule has 8 nitrogen and oxygen atoms in total. The molecule has 1 atom stereocenters. The van der Waals surface area contributed by atoms with Gasteiger partial charge >= 0.3 is 5.97 Å². The molecule has 0 aromatic heterocycles. The van der Waals surface area contributed by atoms with Crippen LogP contribution in [0.2, 0.25) is 0 Å². The third-order valence-electron chi connectivity index (χ3n) is 3.70. The molecule has 0 bridgehead atoms. The van der Waals surface area contributed by atoms with Crippen LogP contribution >= 0.6 is 0 Å². The third kappa shape index (κ3) is 5.63. The minimum atomic E-state index is -3.87. The molecule has 2 rings (SSSR count). The van der Waals surface area contributed by atoms with E-state index in [1.54, 1.807) is 24.3 Å². The van der Waals surface area contributed by atoms with E-state index in [4.69, 9.17) is 9.84 Å². The number of carboxylic acids is 1. The normalized spacial score (nSPS) is 17.6. The van der Waals surface area contributed by atoms with Crippen LogP contribution in [0.4, 0.5) is 5.69 Å². The van der Waals surface area contributed by atoms with E-state index in [2.05, 4.69) is 4.72 Å². The maximum absolute atomic E-state index is 12.1. The van der Waals surface area contributed by atoms with Crippen molar-refractivity contribution in [3.05, 3.63) is 24.3 Å². The van der Waals surface area contributed by atoms with Crippen LogP contribution in [-0.4, -0.2) is 55.2 Å². The van der Waals surface area contributed by atoms with E-state index in [-0.39, 0.29) is 19.2 Å². The number of hydrogen-bond donors (Lipinski definition) is 2. The van der Waals surface area contributed by atoms with Gasteiger partial charge in [-0.3, -0.25) is 14.3 Å². The van der Waals surface area contributed by atoms with Crippen LogP contribution in [0.1, 0.15) is 20.3 Å². The molecule has 1 aliphatic heterocycles. The van der Waals surface area contributed by atoms with Crippen molar-refractivity contribution in [2.24, 2.45) is 5.92 Å². The third-order valence-corrected chi connectivity index (χ3v) is 4.88. The Morgan fingerprint density at radius 2 is 1.96 bits per heavy atom. The van der Waals surface area contributed by atoms with Crippen LogP contribution in [0.3, 0.4) is 0 Å². The monoisotopic (exact) mass is 370 g/mol. The first-order valence-corrected chi connectivity index (χ1v) is 9.59. The fourth-order valence-corrected chi connectivity index (χ4v) is 3.61. The number of rotatable bonds is 7. The van der Waals surface area contributed by atoms with Gasteiger partial charge in [0.2, 0.25) is 15.9 Å². The summed E-state index contributed by atoms with van der Waals surface area (Å²) in [6.45, 7) is 4.07. The molecule has 1 unspecified atom stereocenters. The molecule has 0 radical (unpaired) electrons. The number of carboxylic acid groups (broad SMARTS) is 1. The van der Waals surface area contributed by atoms with Crippen LogP contribution in [0, 0.1) is 5.92 Å². The van der Waals surface area contributed by atoms with Crippen LogP contribution < -0.4 is 9.46 Å². The molecule has 1 aromatic rings. The number of ether oxygens (including phenoxy) is 1. The van der Waals surface area contributed by atoms with Crippen molar-refractivity contribution in [3.8, 4) is 5.75 Å². The standard InChI is InChI=1S/C16H22N2O6S/c1-11(2)24-14-5-3-13(4-6-14)17-25(22,23)10-15(19)18-8-7-12(9-18)16(20)21/h3-6,11-12,17H,7-10H2,1-2H3,(H,20,21). The fourth-order valence-electron chi connectivity index (χ4n) is 2.53. The van der Waals surface area contributed by atoms with Gasteiger partial charge in [-0.2, -0.15) is 0 Å². The molecular weight excluding hydrogens is 348 g/mol. The number of hydrogen-bond acceptors (Lipinski definition) is 5. The minimum Gasteiger partial charge on any atom is -0.491 e. The molecule has 1 heterocycles. The van der Waals surface area contributed by atoms with Gasteiger partial charge in [0.25, 0.3) is 0 Å². The number of carbonyl (C=O) groups excluding carboxylic acids is 1. The summed E-state index contributed by atoms with van der Waals surface area (Å²) in [5.74, 6) is -2.31. The molecule has 1 aliphatic rings. The van der Waals surface area contributed by atoms with E-state index in [0.717, 1.165) is 0 Å². The zero-order chi connectivity index (χ0) is 18.6. The van der Waals surface area contributed by atoms with Crippen LogP contribution in [0.25, 0.3) is 0 Å². The number of amides is 1. The Kier molecular flexibility index (Phi) is 5.89. The summed E-state index contributed by atoms with van der Waals surface area (Å²) >= 11 is 0. The van der Waals surface area contributed by atoms with Gasteiger partial charge in [-0.15, -0.1) is 0 Å². The first-order valence-electron chi connectivity index (χ1n) is 7.94. The number of likely N-dealkylation sites (tertiary alicyclic amines) is 1. The van der Waals surface area contributed by atoms with E-state index in [1.807, 2.05) is 13.8 Å². The highest BCUT2D eigenvalue weighted by molar-refractivity contribution is 7.93. The van der Waals surface area contributed by atoms with Gasteiger partial charge in [0.05, 0.1) is 12.0 Å². The Bertz CT molecular complexity index is 729. The summed E-state index contributed by atoms with van der Waals surface area (Å²) in [6, 6.07) is 6.38. The second-order valence-corrected chi connectivity index (χ2v) is 7.94. The molecule has 1 fully saturated rings. The van der Waals surface area contributed by atoms with Crippen molar-refractivity contribution in [2.75, 3.05) is 23.6 Å². The zero-order valence-electron chi connectivity index (χ0n) is 14.1. The largest absolute Gasteiger partial charge is 0.491 e. The highest BCUT2D eigenvalue weighted by Crippen LogP contribution is 2.19. The summed E-state index contributed by atoms with van der Waals surface area (Å²) in [5.41, 5.74) is 0.328.